The van der Waals surface area contributed by atoms with E-state index in [-0.39, 0.29) is 37.7 Å². The molecule has 5 atom stereocenters. The minimum atomic E-state index is -1.18. The summed E-state index contributed by atoms with van der Waals surface area (Å²) in [6.07, 6.45) is 0.484. The molecular weight excluding hydrogens is 343 g/mol. The number of carbonyl (C=O) groups excluding carboxylic acids is 3. The highest BCUT2D eigenvalue weighted by Crippen LogP contribution is 2.26. The van der Waals surface area contributed by atoms with Crippen molar-refractivity contribution < 1.29 is 28.6 Å². The van der Waals surface area contributed by atoms with Gasteiger partial charge in [0.2, 0.25) is 5.91 Å². The topological polar surface area (TPSA) is 95.9 Å². The third-order valence-corrected chi connectivity index (χ3v) is 4.72. The summed E-state index contributed by atoms with van der Waals surface area (Å²) >= 11 is 0. The Balaban J connectivity index is 2.00. The second-order valence-electron chi connectivity index (χ2n) is 6.78. The molecule has 1 unspecified atom stereocenters. The van der Waals surface area contributed by atoms with Gasteiger partial charge in [-0.25, -0.2) is 9.18 Å². The van der Waals surface area contributed by atoms with Gasteiger partial charge in [-0.1, -0.05) is 18.7 Å². The largest absolute Gasteiger partial charge is 0.445 e. The molecule has 0 bridgehead atoms. The third kappa shape index (κ3) is 4.49. The number of allylic oxidation sites excluding steroid dienone is 1. The number of alkyl halides is 1. The summed E-state index contributed by atoms with van der Waals surface area (Å²) in [5.41, 5.74) is 0.385. The number of ketones is 1. The lowest BCUT2D eigenvalue weighted by Gasteiger charge is -2.38. The molecule has 0 aromatic heterocycles. The molecule has 2 fully saturated rings. The quantitative estimate of drug-likeness (QED) is 0.399. The molecule has 144 valence electrons. The highest BCUT2D eigenvalue weighted by Gasteiger charge is 2.43. The Morgan fingerprint density at radius 3 is 2.81 bits per heavy atom. The normalized spacial score (nSPS) is 29.6. The maximum Gasteiger partial charge on any atom is 0.410 e. The lowest BCUT2D eigenvalue weighted by Crippen LogP contribution is -2.62. The summed E-state index contributed by atoms with van der Waals surface area (Å²) in [4.78, 5) is 37.1. The number of ether oxygens (including phenoxy) is 1. The maximum atomic E-state index is 13.8. The second kappa shape index (κ2) is 8.44. The van der Waals surface area contributed by atoms with Crippen molar-refractivity contribution in [2.24, 2.45) is 5.92 Å². The van der Waals surface area contributed by atoms with Crippen LogP contribution in [0.15, 0.2) is 24.3 Å². The monoisotopic (exact) mass is 368 g/mol. The lowest BCUT2D eigenvalue weighted by molar-refractivity contribution is -0.141. The number of nitrogens with zero attached hydrogens (tertiary/aromatic N) is 1. The van der Waals surface area contributed by atoms with Crippen LogP contribution in [-0.2, 0) is 14.3 Å². The zero-order chi connectivity index (χ0) is 19.4. The molecule has 0 radical (unpaired) electrons. The number of carbonyl (C=O) groups is 3. The van der Waals surface area contributed by atoms with Crippen LogP contribution in [0.5, 0.6) is 0 Å². The van der Waals surface area contributed by atoms with Crippen LogP contribution in [0.25, 0.3) is 0 Å². The SMILES string of the molecule is C=CCOC(=O)N1CC(F)C[C@H]1C=C(C)C(=O)C[C@H]1NC(=O)[C@@H]1[C@@H](C)O. The summed E-state index contributed by atoms with van der Waals surface area (Å²) in [5, 5.41) is 12.2. The van der Waals surface area contributed by atoms with Crippen molar-refractivity contribution in [1.82, 2.24) is 10.2 Å². The van der Waals surface area contributed by atoms with E-state index in [2.05, 4.69) is 11.9 Å². The van der Waals surface area contributed by atoms with E-state index in [4.69, 9.17) is 4.74 Å². The predicted molar refractivity (Wildman–Crippen MR) is 92.0 cm³/mol. The smallest absolute Gasteiger partial charge is 0.410 e. The maximum absolute atomic E-state index is 13.8. The number of nitrogens with one attached hydrogen (secondary N) is 1. The van der Waals surface area contributed by atoms with Crippen LogP contribution < -0.4 is 5.32 Å². The number of aliphatic hydroxyl groups excluding tert-OH is 1. The van der Waals surface area contributed by atoms with Gasteiger partial charge in [-0.2, -0.15) is 0 Å². The highest BCUT2D eigenvalue weighted by atomic mass is 19.1. The first-order chi connectivity index (χ1) is 12.2. The van der Waals surface area contributed by atoms with Crippen molar-refractivity contribution >= 4 is 17.8 Å². The number of aliphatic hydroxyl groups is 1. The van der Waals surface area contributed by atoms with E-state index in [0.717, 1.165) is 0 Å². The number of likely N-dealkylation sites (tertiary alicyclic amines) is 1. The van der Waals surface area contributed by atoms with E-state index >= 15 is 0 Å². The van der Waals surface area contributed by atoms with Crippen molar-refractivity contribution in [3.63, 3.8) is 0 Å². The number of rotatable bonds is 7. The molecule has 2 aliphatic heterocycles. The van der Waals surface area contributed by atoms with Gasteiger partial charge in [0.05, 0.1) is 30.7 Å². The molecule has 7 nitrogen and oxygen atoms in total. The molecule has 0 aliphatic carbocycles. The molecule has 2 amide bonds. The third-order valence-electron chi connectivity index (χ3n) is 4.72. The van der Waals surface area contributed by atoms with E-state index < -0.39 is 36.4 Å². The van der Waals surface area contributed by atoms with Gasteiger partial charge in [0.25, 0.3) is 0 Å². The Morgan fingerprint density at radius 1 is 1.54 bits per heavy atom. The van der Waals surface area contributed by atoms with Crippen LogP contribution in [-0.4, -0.2) is 65.3 Å². The summed E-state index contributed by atoms with van der Waals surface area (Å²) in [6.45, 7) is 6.51. The molecule has 0 spiro atoms. The zero-order valence-electron chi connectivity index (χ0n) is 15.0. The van der Waals surface area contributed by atoms with Crippen LogP contribution in [0.1, 0.15) is 26.7 Å². The summed E-state index contributed by atoms with van der Waals surface area (Å²) in [7, 11) is 0. The fourth-order valence-corrected chi connectivity index (χ4v) is 3.32. The summed E-state index contributed by atoms with van der Waals surface area (Å²) in [6, 6.07) is -0.973. The standard InChI is InChI=1S/C18H25FN2O5/c1-4-5-26-18(25)21-9-12(19)7-13(21)6-10(2)15(23)8-14-16(11(3)22)17(24)20-14/h4,6,11-14,16,22H,1,5,7-9H2,2-3H3,(H,20,24)/t11-,12?,13-,14-,16-/m1/s1. The molecule has 2 aliphatic rings. The van der Waals surface area contributed by atoms with Gasteiger partial charge >= 0.3 is 6.09 Å². The Hall–Kier alpha value is -2.22. The molecule has 26 heavy (non-hydrogen) atoms. The van der Waals surface area contributed by atoms with E-state index in [1.165, 1.54) is 17.9 Å². The van der Waals surface area contributed by atoms with E-state index in [0.29, 0.717) is 5.57 Å². The molecule has 2 N–H and O–H groups in total. The van der Waals surface area contributed by atoms with Gasteiger partial charge in [-0.05, 0) is 19.4 Å². The van der Waals surface area contributed by atoms with Gasteiger partial charge < -0.3 is 15.2 Å². The van der Waals surface area contributed by atoms with Gasteiger partial charge in [0.15, 0.2) is 5.78 Å². The first-order valence-electron chi connectivity index (χ1n) is 8.63. The number of hydrogen-bond donors (Lipinski definition) is 2. The number of β-lactam (4-membered cyclic amide) rings is 1. The highest BCUT2D eigenvalue weighted by molar-refractivity contribution is 5.97. The lowest BCUT2D eigenvalue weighted by atomic mass is 9.82. The number of Topliss-reactive ketones (excluding diaryl/α,β-unsaturated/α-hetero) is 1. The fourth-order valence-electron chi connectivity index (χ4n) is 3.32. The summed E-state index contributed by atoms with van der Waals surface area (Å²) in [5.74, 6) is -1.09. The molecule has 2 rings (SSSR count). The van der Waals surface area contributed by atoms with Crippen molar-refractivity contribution in [3.8, 4) is 0 Å². The summed E-state index contributed by atoms with van der Waals surface area (Å²) < 4.78 is 18.7. The van der Waals surface area contributed by atoms with E-state index in [9.17, 15) is 23.9 Å². The van der Waals surface area contributed by atoms with Gasteiger partial charge in [0.1, 0.15) is 12.8 Å². The van der Waals surface area contributed by atoms with Crippen LogP contribution >= 0.6 is 0 Å². The molecule has 2 heterocycles. The predicted octanol–water partition coefficient (Wildman–Crippen LogP) is 1.12. The van der Waals surface area contributed by atoms with E-state index in [1.54, 1.807) is 13.0 Å². The molecular formula is C18H25FN2O5. The minimum Gasteiger partial charge on any atom is -0.445 e. The molecule has 8 heteroatoms. The van der Waals surface area contributed by atoms with Crippen LogP contribution in [0.2, 0.25) is 0 Å². The van der Waals surface area contributed by atoms with Crippen LogP contribution in [0, 0.1) is 5.92 Å². The molecule has 0 saturated carbocycles. The first kappa shape index (κ1) is 20.1. The van der Waals surface area contributed by atoms with E-state index in [1.807, 2.05) is 0 Å². The molecule has 0 aromatic carbocycles. The Labute approximate surface area is 151 Å². The van der Waals surface area contributed by atoms with Crippen molar-refractivity contribution in [1.29, 1.82) is 0 Å². The second-order valence-corrected chi connectivity index (χ2v) is 6.78. The number of amides is 2. The van der Waals surface area contributed by atoms with Crippen molar-refractivity contribution in [2.75, 3.05) is 13.2 Å². The van der Waals surface area contributed by atoms with Gasteiger partial charge in [-0.15, -0.1) is 0 Å². The Bertz CT molecular complexity index is 619. The number of halogens is 1. The Morgan fingerprint density at radius 2 is 2.23 bits per heavy atom. The van der Waals surface area contributed by atoms with Gasteiger partial charge in [0, 0.05) is 12.8 Å². The van der Waals surface area contributed by atoms with Crippen molar-refractivity contribution in [3.05, 3.63) is 24.3 Å². The average Bonchev–Trinajstić information content (AvgIpc) is 2.91. The minimum absolute atomic E-state index is 0.0305. The average molecular weight is 368 g/mol. The molecule has 0 aromatic rings. The van der Waals surface area contributed by atoms with Crippen molar-refractivity contribution in [2.45, 2.75) is 51.0 Å². The molecule has 2 saturated heterocycles. The number of hydrogen-bond acceptors (Lipinski definition) is 5. The Kier molecular flexibility index (Phi) is 6.52. The van der Waals surface area contributed by atoms with Crippen LogP contribution in [0.3, 0.4) is 0 Å². The zero-order valence-corrected chi connectivity index (χ0v) is 15.0. The fraction of sp³-hybridized carbons (Fsp3) is 0.611. The first-order valence-corrected chi connectivity index (χ1v) is 8.63. The van der Waals surface area contributed by atoms with Gasteiger partial charge in [-0.3, -0.25) is 14.5 Å². The van der Waals surface area contributed by atoms with Crippen LogP contribution in [0.4, 0.5) is 9.18 Å².